The third kappa shape index (κ3) is 2.66. The van der Waals surface area contributed by atoms with Crippen molar-refractivity contribution in [1.29, 1.82) is 0 Å². The molecule has 0 radical (unpaired) electrons. The van der Waals surface area contributed by atoms with Gasteiger partial charge >= 0.3 is 0 Å². The van der Waals surface area contributed by atoms with Crippen LogP contribution in [-0.4, -0.2) is 28.4 Å². The lowest BCUT2D eigenvalue weighted by Gasteiger charge is -2.24. The Labute approximate surface area is 123 Å². The van der Waals surface area contributed by atoms with Gasteiger partial charge in [0.1, 0.15) is 11.5 Å². The van der Waals surface area contributed by atoms with Gasteiger partial charge in [-0.2, -0.15) is 0 Å². The summed E-state index contributed by atoms with van der Waals surface area (Å²) in [4.78, 5) is 18.3. The summed E-state index contributed by atoms with van der Waals surface area (Å²) in [6.45, 7) is 2.08. The Balaban J connectivity index is 1.82. The van der Waals surface area contributed by atoms with Crippen LogP contribution in [-0.2, 0) is 0 Å². The van der Waals surface area contributed by atoms with Gasteiger partial charge in [-0.25, -0.2) is 4.39 Å². The maximum atomic E-state index is 13.2. The van der Waals surface area contributed by atoms with Gasteiger partial charge in [0.05, 0.1) is 0 Å². The molecule has 0 bridgehead atoms. The van der Waals surface area contributed by atoms with E-state index in [2.05, 4.69) is 11.9 Å². The Kier molecular flexibility index (Phi) is 3.24. The number of aromatic nitrogens is 1. The topological polar surface area (TPSA) is 33.2 Å². The molecule has 21 heavy (non-hydrogen) atoms. The lowest BCUT2D eigenvalue weighted by molar-refractivity contribution is 0.0718. The van der Waals surface area contributed by atoms with E-state index in [4.69, 9.17) is 0 Å². The fraction of sp³-hybridized carbons (Fsp3) is 0.294. The molecule has 4 heteroatoms. The van der Waals surface area contributed by atoms with Gasteiger partial charge in [0.2, 0.25) is 0 Å². The second-order valence-corrected chi connectivity index (χ2v) is 5.80. The zero-order chi connectivity index (χ0) is 15.0. The number of amides is 1. The van der Waals surface area contributed by atoms with E-state index >= 15 is 0 Å². The van der Waals surface area contributed by atoms with E-state index in [1.54, 1.807) is 29.3 Å². The number of carbonyl (C=O) groups is 1. The molecular formula is C17H17FN2O. The third-order valence-electron chi connectivity index (χ3n) is 4.23. The van der Waals surface area contributed by atoms with Crippen LogP contribution < -0.4 is 0 Å². The minimum Gasteiger partial charge on any atom is -0.335 e. The molecule has 0 spiro atoms. The molecular weight excluding hydrogens is 267 g/mol. The zero-order valence-electron chi connectivity index (χ0n) is 12.1. The van der Waals surface area contributed by atoms with E-state index in [0.29, 0.717) is 5.69 Å². The number of nitrogens with zero attached hydrogens (tertiary/aromatic N) is 2. The van der Waals surface area contributed by atoms with Gasteiger partial charge < -0.3 is 4.90 Å². The fourth-order valence-electron chi connectivity index (χ4n) is 2.29. The van der Waals surface area contributed by atoms with Gasteiger partial charge in [-0.1, -0.05) is 18.2 Å². The summed E-state index contributed by atoms with van der Waals surface area (Å²) in [5, 5.41) is 0. The van der Waals surface area contributed by atoms with Crippen LogP contribution in [0, 0.1) is 5.82 Å². The number of pyridine rings is 1. The van der Waals surface area contributed by atoms with E-state index < -0.39 is 0 Å². The normalized spacial score (nSPS) is 15.6. The first-order valence-electron chi connectivity index (χ1n) is 7.00. The van der Waals surface area contributed by atoms with E-state index in [9.17, 15) is 9.18 Å². The highest BCUT2D eigenvalue weighted by Gasteiger charge is 2.44. The van der Waals surface area contributed by atoms with Crippen LogP contribution in [0.4, 0.5) is 4.39 Å². The van der Waals surface area contributed by atoms with Gasteiger partial charge in [0, 0.05) is 24.3 Å². The first-order chi connectivity index (χ1) is 9.99. The fourth-order valence-corrected chi connectivity index (χ4v) is 2.29. The molecule has 1 aliphatic rings. The summed E-state index contributed by atoms with van der Waals surface area (Å²) < 4.78 is 13.2. The molecule has 0 atom stereocenters. The van der Waals surface area contributed by atoms with Crippen molar-refractivity contribution in [3.05, 3.63) is 54.1 Å². The van der Waals surface area contributed by atoms with Crippen molar-refractivity contribution in [2.45, 2.75) is 25.3 Å². The maximum absolute atomic E-state index is 13.2. The van der Waals surface area contributed by atoms with E-state index in [-0.39, 0.29) is 17.3 Å². The third-order valence-corrected chi connectivity index (χ3v) is 4.23. The van der Waals surface area contributed by atoms with Crippen molar-refractivity contribution in [2.24, 2.45) is 0 Å². The second kappa shape index (κ2) is 4.95. The van der Waals surface area contributed by atoms with Crippen LogP contribution in [0.1, 0.15) is 30.3 Å². The molecule has 3 rings (SSSR count). The SMILES string of the molecule is CN(C(=O)c1ccc(-c2cccc(F)c2)cn1)C1(C)CC1. The maximum Gasteiger partial charge on any atom is 0.272 e. The number of benzene rings is 1. The summed E-state index contributed by atoms with van der Waals surface area (Å²) in [5.74, 6) is -0.352. The van der Waals surface area contributed by atoms with E-state index in [1.165, 1.54) is 12.1 Å². The van der Waals surface area contributed by atoms with Gasteiger partial charge in [-0.3, -0.25) is 9.78 Å². The summed E-state index contributed by atoms with van der Waals surface area (Å²) in [5.41, 5.74) is 1.96. The molecule has 0 N–H and O–H groups in total. The highest BCUT2D eigenvalue weighted by molar-refractivity contribution is 5.93. The van der Waals surface area contributed by atoms with Crippen LogP contribution in [0.2, 0.25) is 0 Å². The first-order valence-corrected chi connectivity index (χ1v) is 7.00. The molecule has 0 saturated heterocycles. The molecule has 3 nitrogen and oxygen atoms in total. The van der Waals surface area contributed by atoms with Gasteiger partial charge in [-0.15, -0.1) is 0 Å². The molecule has 1 aliphatic carbocycles. The van der Waals surface area contributed by atoms with E-state index in [1.807, 2.05) is 13.1 Å². The lowest BCUT2D eigenvalue weighted by atomic mass is 10.1. The van der Waals surface area contributed by atoms with Crippen LogP contribution in [0.3, 0.4) is 0 Å². The average Bonchev–Trinajstić information content (AvgIpc) is 3.25. The molecule has 1 amide bonds. The van der Waals surface area contributed by atoms with Crippen LogP contribution >= 0.6 is 0 Å². The zero-order valence-corrected chi connectivity index (χ0v) is 12.1. The van der Waals surface area contributed by atoms with Crippen molar-refractivity contribution in [1.82, 2.24) is 9.88 Å². The first kappa shape index (κ1) is 13.7. The summed E-state index contributed by atoms with van der Waals surface area (Å²) >= 11 is 0. The predicted molar refractivity (Wildman–Crippen MR) is 79.4 cm³/mol. The quantitative estimate of drug-likeness (QED) is 0.864. The van der Waals surface area contributed by atoms with Gasteiger partial charge in [-0.05, 0) is 43.5 Å². The van der Waals surface area contributed by atoms with Crippen molar-refractivity contribution in [3.63, 3.8) is 0 Å². The molecule has 2 aromatic rings. The molecule has 108 valence electrons. The molecule has 1 fully saturated rings. The summed E-state index contributed by atoms with van der Waals surface area (Å²) in [6, 6.07) is 9.84. The minimum absolute atomic E-state index is 0.0139. The van der Waals surface area contributed by atoms with Crippen LogP contribution in [0.5, 0.6) is 0 Å². The van der Waals surface area contributed by atoms with Crippen molar-refractivity contribution < 1.29 is 9.18 Å². The number of rotatable bonds is 3. The minimum atomic E-state index is -0.283. The number of hydrogen-bond donors (Lipinski definition) is 0. The van der Waals surface area contributed by atoms with Crippen molar-refractivity contribution in [2.75, 3.05) is 7.05 Å². The van der Waals surface area contributed by atoms with Crippen molar-refractivity contribution >= 4 is 5.91 Å². The molecule has 1 saturated carbocycles. The smallest absolute Gasteiger partial charge is 0.272 e. The van der Waals surface area contributed by atoms with Gasteiger partial charge in [0.15, 0.2) is 0 Å². The Morgan fingerprint density at radius 3 is 2.57 bits per heavy atom. The van der Waals surface area contributed by atoms with E-state index in [0.717, 1.165) is 24.0 Å². The standard InChI is InChI=1S/C17H17FN2O/c1-17(8-9-17)20(2)16(21)15-7-6-13(11-19-15)12-4-3-5-14(18)10-12/h3-7,10-11H,8-9H2,1-2H3. The summed E-state index contributed by atoms with van der Waals surface area (Å²) in [6.07, 6.45) is 3.69. The molecule has 0 aliphatic heterocycles. The molecule has 1 aromatic heterocycles. The summed E-state index contributed by atoms with van der Waals surface area (Å²) in [7, 11) is 1.82. The number of carbonyl (C=O) groups excluding carboxylic acids is 1. The Hall–Kier alpha value is -2.23. The van der Waals surface area contributed by atoms with Crippen molar-refractivity contribution in [3.8, 4) is 11.1 Å². The Morgan fingerprint density at radius 1 is 1.24 bits per heavy atom. The predicted octanol–water partition coefficient (Wildman–Crippen LogP) is 3.51. The largest absolute Gasteiger partial charge is 0.335 e. The van der Waals surface area contributed by atoms with Crippen LogP contribution in [0.15, 0.2) is 42.6 Å². The lowest BCUT2D eigenvalue weighted by Crippen LogP contribution is -2.37. The highest BCUT2D eigenvalue weighted by Crippen LogP contribution is 2.40. The number of hydrogen-bond acceptors (Lipinski definition) is 2. The Morgan fingerprint density at radius 2 is 2.00 bits per heavy atom. The average molecular weight is 284 g/mol. The van der Waals surface area contributed by atoms with Crippen LogP contribution in [0.25, 0.3) is 11.1 Å². The molecule has 0 unspecified atom stereocenters. The molecule has 1 heterocycles. The van der Waals surface area contributed by atoms with Gasteiger partial charge in [0.25, 0.3) is 5.91 Å². The number of halogens is 1. The highest BCUT2D eigenvalue weighted by atomic mass is 19.1. The Bertz CT molecular complexity index is 677. The molecule has 1 aromatic carbocycles. The monoisotopic (exact) mass is 284 g/mol. The second-order valence-electron chi connectivity index (χ2n) is 5.80.